The molecule has 0 bridgehead atoms. The van der Waals surface area contributed by atoms with Gasteiger partial charge in [-0.1, -0.05) is 30.3 Å². The zero-order chi connectivity index (χ0) is 18.1. The van der Waals surface area contributed by atoms with E-state index in [0.717, 1.165) is 11.1 Å². The Balaban J connectivity index is 1.85. The maximum absolute atomic E-state index is 12.1. The number of carbonyl (C=O) groups is 2. The first-order valence-corrected chi connectivity index (χ1v) is 8.14. The number of amides is 1. The highest BCUT2D eigenvalue weighted by Crippen LogP contribution is 2.09. The lowest BCUT2D eigenvalue weighted by Gasteiger charge is -2.07. The molecule has 0 aliphatic carbocycles. The molecular weight excluding hydrogens is 316 g/mol. The number of esters is 1. The standard InChI is InChI=1S/C20H20N2O3/c1-2-25-19(23)11-10-15-6-8-16(9-7-15)14-22-20(24)18-5-3-4-17(12-18)13-21/h3-9,12H,2,10-11,14H2,1H3,(H,22,24). The molecule has 1 amide bonds. The molecule has 0 aromatic heterocycles. The van der Waals surface area contributed by atoms with Crippen molar-refractivity contribution in [2.24, 2.45) is 0 Å². The van der Waals surface area contributed by atoms with Crippen molar-refractivity contribution < 1.29 is 14.3 Å². The number of benzene rings is 2. The first-order valence-electron chi connectivity index (χ1n) is 8.14. The summed E-state index contributed by atoms with van der Waals surface area (Å²) in [5.41, 5.74) is 2.93. The molecule has 0 aliphatic rings. The van der Waals surface area contributed by atoms with Gasteiger partial charge in [-0.05, 0) is 42.7 Å². The van der Waals surface area contributed by atoms with E-state index in [2.05, 4.69) is 5.32 Å². The first kappa shape index (κ1) is 18.2. The summed E-state index contributed by atoms with van der Waals surface area (Å²) in [6.07, 6.45) is 0.992. The maximum atomic E-state index is 12.1. The SMILES string of the molecule is CCOC(=O)CCc1ccc(CNC(=O)c2cccc(C#N)c2)cc1. The van der Waals surface area contributed by atoms with Gasteiger partial charge in [0, 0.05) is 18.5 Å². The quantitative estimate of drug-likeness (QED) is 0.788. The second-order valence-electron chi connectivity index (χ2n) is 5.50. The van der Waals surface area contributed by atoms with Gasteiger partial charge in [-0.2, -0.15) is 5.26 Å². The molecule has 0 aliphatic heterocycles. The Labute approximate surface area is 147 Å². The van der Waals surface area contributed by atoms with Gasteiger partial charge in [0.1, 0.15) is 0 Å². The van der Waals surface area contributed by atoms with Crippen molar-refractivity contribution in [3.05, 3.63) is 70.8 Å². The van der Waals surface area contributed by atoms with Gasteiger partial charge in [-0.3, -0.25) is 9.59 Å². The predicted octanol–water partition coefficient (Wildman–Crippen LogP) is 2.98. The Bertz CT molecular complexity index is 776. The molecule has 2 aromatic rings. The number of ether oxygens (including phenoxy) is 1. The van der Waals surface area contributed by atoms with Crippen molar-refractivity contribution in [3.63, 3.8) is 0 Å². The van der Waals surface area contributed by atoms with Gasteiger partial charge in [0.15, 0.2) is 0 Å². The van der Waals surface area contributed by atoms with E-state index in [1.54, 1.807) is 31.2 Å². The smallest absolute Gasteiger partial charge is 0.306 e. The van der Waals surface area contributed by atoms with E-state index < -0.39 is 0 Å². The third-order valence-corrected chi connectivity index (χ3v) is 3.65. The van der Waals surface area contributed by atoms with Crippen molar-refractivity contribution in [1.29, 1.82) is 5.26 Å². The van der Waals surface area contributed by atoms with Crippen LogP contribution in [0.3, 0.4) is 0 Å². The Morgan fingerprint density at radius 1 is 1.12 bits per heavy atom. The predicted molar refractivity (Wildman–Crippen MR) is 93.7 cm³/mol. The fourth-order valence-corrected chi connectivity index (χ4v) is 2.32. The summed E-state index contributed by atoms with van der Waals surface area (Å²) in [4.78, 5) is 23.5. The zero-order valence-electron chi connectivity index (χ0n) is 14.1. The van der Waals surface area contributed by atoms with Gasteiger partial charge in [0.2, 0.25) is 0 Å². The number of hydrogen-bond donors (Lipinski definition) is 1. The molecule has 128 valence electrons. The summed E-state index contributed by atoms with van der Waals surface area (Å²) in [5.74, 6) is -0.415. The van der Waals surface area contributed by atoms with Crippen LogP contribution in [0.5, 0.6) is 0 Å². The number of aryl methyl sites for hydroxylation is 1. The Morgan fingerprint density at radius 3 is 2.52 bits per heavy atom. The minimum atomic E-state index is -0.219. The lowest BCUT2D eigenvalue weighted by atomic mass is 10.1. The van der Waals surface area contributed by atoms with Crippen LogP contribution in [0.1, 0.15) is 40.4 Å². The first-order chi connectivity index (χ1) is 12.1. The fraction of sp³-hybridized carbons (Fsp3) is 0.250. The number of nitriles is 1. The van der Waals surface area contributed by atoms with E-state index in [1.165, 1.54) is 0 Å². The number of hydrogen-bond acceptors (Lipinski definition) is 4. The summed E-state index contributed by atoms with van der Waals surface area (Å²) in [6, 6.07) is 16.3. The van der Waals surface area contributed by atoms with E-state index in [-0.39, 0.29) is 11.9 Å². The molecule has 0 heterocycles. The van der Waals surface area contributed by atoms with Crippen LogP contribution in [0.4, 0.5) is 0 Å². The Hall–Kier alpha value is -3.13. The highest BCUT2D eigenvalue weighted by atomic mass is 16.5. The average Bonchev–Trinajstić information content (AvgIpc) is 2.65. The average molecular weight is 336 g/mol. The van der Waals surface area contributed by atoms with Crippen LogP contribution in [0.25, 0.3) is 0 Å². The van der Waals surface area contributed by atoms with Crippen molar-refractivity contribution in [1.82, 2.24) is 5.32 Å². The van der Waals surface area contributed by atoms with Crippen molar-refractivity contribution in [2.45, 2.75) is 26.3 Å². The highest BCUT2D eigenvalue weighted by molar-refractivity contribution is 5.94. The molecule has 2 aromatic carbocycles. The van der Waals surface area contributed by atoms with E-state index in [9.17, 15) is 9.59 Å². The van der Waals surface area contributed by atoms with Crippen molar-refractivity contribution >= 4 is 11.9 Å². The summed E-state index contributed by atoms with van der Waals surface area (Å²) < 4.78 is 4.90. The Morgan fingerprint density at radius 2 is 1.84 bits per heavy atom. The van der Waals surface area contributed by atoms with Crippen LogP contribution in [0.15, 0.2) is 48.5 Å². The largest absolute Gasteiger partial charge is 0.466 e. The summed E-state index contributed by atoms with van der Waals surface area (Å²) in [7, 11) is 0. The van der Waals surface area contributed by atoms with E-state index in [1.807, 2.05) is 30.3 Å². The van der Waals surface area contributed by atoms with Crippen LogP contribution in [-0.4, -0.2) is 18.5 Å². The summed E-state index contributed by atoms with van der Waals surface area (Å²) in [5, 5.41) is 11.7. The van der Waals surface area contributed by atoms with Gasteiger partial charge in [-0.15, -0.1) is 0 Å². The van der Waals surface area contributed by atoms with Gasteiger partial charge in [0.25, 0.3) is 5.91 Å². The maximum Gasteiger partial charge on any atom is 0.306 e. The molecule has 0 saturated heterocycles. The number of carbonyl (C=O) groups excluding carboxylic acids is 2. The lowest BCUT2D eigenvalue weighted by Crippen LogP contribution is -2.22. The van der Waals surface area contributed by atoms with Crippen LogP contribution in [0, 0.1) is 11.3 Å². The van der Waals surface area contributed by atoms with Gasteiger partial charge < -0.3 is 10.1 Å². The molecule has 0 saturated carbocycles. The molecule has 25 heavy (non-hydrogen) atoms. The molecular formula is C20H20N2O3. The molecule has 1 N–H and O–H groups in total. The minimum absolute atomic E-state index is 0.196. The molecule has 0 spiro atoms. The third kappa shape index (κ3) is 5.78. The monoisotopic (exact) mass is 336 g/mol. The van der Waals surface area contributed by atoms with Crippen molar-refractivity contribution in [3.8, 4) is 6.07 Å². The van der Waals surface area contributed by atoms with Crippen molar-refractivity contribution in [2.75, 3.05) is 6.61 Å². The van der Waals surface area contributed by atoms with E-state index in [0.29, 0.717) is 37.1 Å². The molecule has 0 fully saturated rings. The molecule has 5 heteroatoms. The third-order valence-electron chi connectivity index (χ3n) is 3.65. The number of rotatable bonds is 7. The van der Waals surface area contributed by atoms with E-state index >= 15 is 0 Å². The molecule has 2 rings (SSSR count). The number of nitrogens with one attached hydrogen (secondary N) is 1. The minimum Gasteiger partial charge on any atom is -0.466 e. The second-order valence-corrected chi connectivity index (χ2v) is 5.50. The Kier molecular flexibility index (Phi) is 6.73. The van der Waals surface area contributed by atoms with Crippen LogP contribution in [0.2, 0.25) is 0 Å². The fourth-order valence-electron chi connectivity index (χ4n) is 2.32. The summed E-state index contributed by atoms with van der Waals surface area (Å²) in [6.45, 7) is 2.58. The summed E-state index contributed by atoms with van der Waals surface area (Å²) >= 11 is 0. The van der Waals surface area contributed by atoms with Gasteiger partial charge in [-0.25, -0.2) is 0 Å². The molecule has 0 unspecified atom stereocenters. The van der Waals surface area contributed by atoms with E-state index in [4.69, 9.17) is 10.00 Å². The topological polar surface area (TPSA) is 79.2 Å². The van der Waals surface area contributed by atoms with Crippen LogP contribution in [-0.2, 0) is 22.5 Å². The molecule has 0 atom stereocenters. The second kappa shape index (κ2) is 9.24. The molecule has 0 radical (unpaired) electrons. The van der Waals surface area contributed by atoms with Gasteiger partial charge in [0.05, 0.1) is 18.2 Å². The highest BCUT2D eigenvalue weighted by Gasteiger charge is 2.06. The lowest BCUT2D eigenvalue weighted by molar-refractivity contribution is -0.143. The number of nitrogens with zero attached hydrogens (tertiary/aromatic N) is 1. The zero-order valence-corrected chi connectivity index (χ0v) is 14.1. The normalized spacial score (nSPS) is 9.92. The van der Waals surface area contributed by atoms with Gasteiger partial charge >= 0.3 is 5.97 Å². The van der Waals surface area contributed by atoms with Crippen LogP contribution < -0.4 is 5.32 Å². The van der Waals surface area contributed by atoms with Crippen LogP contribution >= 0.6 is 0 Å². The molecule has 5 nitrogen and oxygen atoms in total.